The average Bonchev–Trinajstić information content (AvgIpc) is 2.94. The third kappa shape index (κ3) is 4.51. The van der Waals surface area contributed by atoms with Gasteiger partial charge in [-0.1, -0.05) is 13.8 Å². The average molecular weight is 306 g/mol. The number of guanidine groups is 1. The van der Waals surface area contributed by atoms with Crippen molar-refractivity contribution >= 4 is 11.9 Å². The number of hydrogen-bond donors (Lipinski definition) is 3. The molecule has 122 valence electrons. The number of carbonyl (C=O) groups excluding carboxylic acids is 1. The molecule has 1 aromatic rings. The lowest BCUT2D eigenvalue weighted by Gasteiger charge is -2.35. The first kappa shape index (κ1) is 16.4. The first-order valence-corrected chi connectivity index (χ1v) is 7.75. The van der Waals surface area contributed by atoms with E-state index < -0.39 is 5.91 Å². The fourth-order valence-electron chi connectivity index (χ4n) is 2.71. The van der Waals surface area contributed by atoms with Crippen LogP contribution in [-0.2, 0) is 6.54 Å². The minimum absolute atomic E-state index is 0.175. The summed E-state index contributed by atoms with van der Waals surface area (Å²) in [5.41, 5.74) is 5.62. The molecule has 1 fully saturated rings. The maximum absolute atomic E-state index is 11.0. The van der Waals surface area contributed by atoms with E-state index in [4.69, 9.17) is 10.2 Å². The number of primary amides is 1. The van der Waals surface area contributed by atoms with Crippen molar-refractivity contribution in [2.45, 2.75) is 52.1 Å². The Kier molecular flexibility index (Phi) is 5.11. The second-order valence-electron chi connectivity index (χ2n) is 6.64. The Bertz CT molecular complexity index is 538. The van der Waals surface area contributed by atoms with E-state index in [1.165, 1.54) is 12.8 Å². The number of nitrogens with zero attached hydrogens (tertiary/aromatic N) is 1. The van der Waals surface area contributed by atoms with Crippen molar-refractivity contribution in [2.75, 3.05) is 7.05 Å². The summed E-state index contributed by atoms with van der Waals surface area (Å²) < 4.78 is 5.34. The highest BCUT2D eigenvalue weighted by molar-refractivity contribution is 5.89. The summed E-state index contributed by atoms with van der Waals surface area (Å²) in [5, 5.41) is 6.65. The molecule has 0 aliphatic heterocycles. The van der Waals surface area contributed by atoms with Gasteiger partial charge in [-0.3, -0.25) is 9.79 Å². The molecule has 1 amide bonds. The Balaban J connectivity index is 1.81. The Morgan fingerprint density at radius 2 is 2.09 bits per heavy atom. The third-order valence-electron chi connectivity index (χ3n) is 4.24. The van der Waals surface area contributed by atoms with Crippen molar-refractivity contribution in [3.05, 3.63) is 23.7 Å². The number of nitrogens with one attached hydrogen (secondary N) is 2. The highest BCUT2D eigenvalue weighted by atomic mass is 16.3. The predicted molar refractivity (Wildman–Crippen MR) is 86.6 cm³/mol. The van der Waals surface area contributed by atoms with Gasteiger partial charge in [0, 0.05) is 13.1 Å². The van der Waals surface area contributed by atoms with E-state index in [0.717, 1.165) is 18.8 Å². The second-order valence-corrected chi connectivity index (χ2v) is 6.64. The SMILES string of the molecule is CN=C(NCc1ccc(C(N)=O)o1)NC1CCC(C)(C)CC1. The van der Waals surface area contributed by atoms with Crippen molar-refractivity contribution in [3.8, 4) is 0 Å². The molecule has 6 nitrogen and oxygen atoms in total. The summed E-state index contributed by atoms with van der Waals surface area (Å²) in [6.07, 6.45) is 4.75. The molecular formula is C16H26N4O2. The fraction of sp³-hybridized carbons (Fsp3) is 0.625. The van der Waals surface area contributed by atoms with Gasteiger partial charge in [0.1, 0.15) is 5.76 Å². The van der Waals surface area contributed by atoms with Crippen molar-refractivity contribution in [1.29, 1.82) is 0 Å². The van der Waals surface area contributed by atoms with E-state index in [0.29, 0.717) is 23.8 Å². The normalized spacial score (nSPS) is 19.0. The van der Waals surface area contributed by atoms with Crippen LogP contribution in [0.25, 0.3) is 0 Å². The van der Waals surface area contributed by atoms with Gasteiger partial charge in [0.05, 0.1) is 6.54 Å². The van der Waals surface area contributed by atoms with Crippen LogP contribution in [0.1, 0.15) is 55.8 Å². The Labute approximate surface area is 131 Å². The number of nitrogens with two attached hydrogens (primary N) is 1. The maximum atomic E-state index is 11.0. The molecule has 1 aliphatic rings. The number of carbonyl (C=O) groups is 1. The topological polar surface area (TPSA) is 92.6 Å². The molecule has 0 radical (unpaired) electrons. The molecule has 0 bridgehead atoms. The van der Waals surface area contributed by atoms with Crippen LogP contribution in [0.5, 0.6) is 0 Å². The first-order valence-electron chi connectivity index (χ1n) is 7.75. The van der Waals surface area contributed by atoms with Crippen molar-refractivity contribution in [3.63, 3.8) is 0 Å². The summed E-state index contributed by atoms with van der Waals surface area (Å²) in [7, 11) is 1.75. The van der Waals surface area contributed by atoms with E-state index in [2.05, 4.69) is 29.5 Å². The van der Waals surface area contributed by atoms with Gasteiger partial charge in [0.25, 0.3) is 5.91 Å². The van der Waals surface area contributed by atoms with E-state index in [-0.39, 0.29) is 5.76 Å². The van der Waals surface area contributed by atoms with Crippen LogP contribution >= 0.6 is 0 Å². The fourth-order valence-corrected chi connectivity index (χ4v) is 2.71. The molecule has 22 heavy (non-hydrogen) atoms. The van der Waals surface area contributed by atoms with Crippen LogP contribution < -0.4 is 16.4 Å². The van der Waals surface area contributed by atoms with Gasteiger partial charge in [0.15, 0.2) is 11.7 Å². The molecule has 4 N–H and O–H groups in total. The van der Waals surface area contributed by atoms with Crippen LogP contribution in [-0.4, -0.2) is 25.0 Å². The van der Waals surface area contributed by atoms with E-state index in [9.17, 15) is 4.79 Å². The summed E-state index contributed by atoms with van der Waals surface area (Å²) in [4.78, 5) is 15.2. The number of hydrogen-bond acceptors (Lipinski definition) is 3. The standard InChI is InChI=1S/C16H26N4O2/c1-16(2)8-6-11(7-9-16)20-15(18-3)19-10-12-4-5-13(22-12)14(17)21/h4-5,11H,6-10H2,1-3H3,(H2,17,21)(H2,18,19,20). The zero-order chi connectivity index (χ0) is 16.2. The van der Waals surface area contributed by atoms with Crippen molar-refractivity contribution in [1.82, 2.24) is 10.6 Å². The van der Waals surface area contributed by atoms with Gasteiger partial charge in [-0.2, -0.15) is 0 Å². The van der Waals surface area contributed by atoms with Crippen molar-refractivity contribution in [2.24, 2.45) is 16.1 Å². The zero-order valence-electron chi connectivity index (χ0n) is 13.6. The lowest BCUT2D eigenvalue weighted by Crippen LogP contribution is -2.45. The number of aliphatic imine (C=N–C) groups is 1. The minimum atomic E-state index is -0.557. The van der Waals surface area contributed by atoms with Crippen molar-refractivity contribution < 1.29 is 9.21 Å². The molecule has 6 heteroatoms. The molecule has 0 aromatic carbocycles. The maximum Gasteiger partial charge on any atom is 0.284 e. The largest absolute Gasteiger partial charge is 0.454 e. The molecular weight excluding hydrogens is 280 g/mol. The highest BCUT2D eigenvalue weighted by Crippen LogP contribution is 2.34. The third-order valence-corrected chi connectivity index (χ3v) is 4.24. The van der Waals surface area contributed by atoms with Gasteiger partial charge >= 0.3 is 0 Å². The van der Waals surface area contributed by atoms with Crippen LogP contribution in [0, 0.1) is 5.41 Å². The Morgan fingerprint density at radius 3 is 2.64 bits per heavy atom. The molecule has 0 atom stereocenters. The number of furan rings is 1. The molecule has 0 unspecified atom stereocenters. The smallest absolute Gasteiger partial charge is 0.284 e. The van der Waals surface area contributed by atoms with Gasteiger partial charge in [-0.25, -0.2) is 0 Å². The van der Waals surface area contributed by atoms with E-state index >= 15 is 0 Å². The summed E-state index contributed by atoms with van der Waals surface area (Å²) >= 11 is 0. The lowest BCUT2D eigenvalue weighted by molar-refractivity contribution is 0.0972. The second kappa shape index (κ2) is 6.85. The number of rotatable bonds is 4. The lowest BCUT2D eigenvalue weighted by atomic mass is 9.75. The Hall–Kier alpha value is -1.98. The molecule has 1 aromatic heterocycles. The van der Waals surface area contributed by atoms with Crippen LogP contribution in [0.15, 0.2) is 21.5 Å². The van der Waals surface area contributed by atoms with E-state index in [1.54, 1.807) is 19.2 Å². The first-order chi connectivity index (χ1) is 10.4. The van der Waals surface area contributed by atoms with Gasteiger partial charge in [-0.05, 0) is 43.2 Å². The summed E-state index contributed by atoms with van der Waals surface area (Å²) in [6, 6.07) is 3.78. The molecule has 1 heterocycles. The monoisotopic (exact) mass is 306 g/mol. The van der Waals surface area contributed by atoms with Crippen LogP contribution in [0.4, 0.5) is 0 Å². The summed E-state index contributed by atoms with van der Waals surface area (Å²) in [6.45, 7) is 5.11. The van der Waals surface area contributed by atoms with Crippen LogP contribution in [0.2, 0.25) is 0 Å². The molecule has 1 aliphatic carbocycles. The summed E-state index contributed by atoms with van der Waals surface area (Å²) in [5.74, 6) is 1.02. The zero-order valence-corrected chi connectivity index (χ0v) is 13.6. The predicted octanol–water partition coefficient (Wildman–Crippen LogP) is 2.01. The highest BCUT2D eigenvalue weighted by Gasteiger charge is 2.27. The molecule has 2 rings (SSSR count). The van der Waals surface area contributed by atoms with E-state index in [1.807, 2.05) is 0 Å². The van der Waals surface area contributed by atoms with Gasteiger partial charge in [-0.15, -0.1) is 0 Å². The van der Waals surface area contributed by atoms with Gasteiger partial charge in [0.2, 0.25) is 0 Å². The van der Waals surface area contributed by atoms with Crippen LogP contribution in [0.3, 0.4) is 0 Å². The molecule has 0 saturated heterocycles. The minimum Gasteiger partial charge on any atom is -0.454 e. The quantitative estimate of drug-likeness (QED) is 0.586. The number of amides is 1. The molecule has 0 spiro atoms. The molecule has 1 saturated carbocycles. The Morgan fingerprint density at radius 1 is 1.41 bits per heavy atom. The van der Waals surface area contributed by atoms with Gasteiger partial charge < -0.3 is 20.8 Å².